The zero-order valence-electron chi connectivity index (χ0n) is 21.9. The van der Waals surface area contributed by atoms with Gasteiger partial charge in [0.2, 0.25) is 0 Å². The smallest absolute Gasteiger partial charge is 0.0406 e. The highest BCUT2D eigenvalue weighted by Crippen LogP contribution is 2.32. The summed E-state index contributed by atoms with van der Waals surface area (Å²) >= 11 is 0. The van der Waals surface area contributed by atoms with Crippen LogP contribution in [0.1, 0.15) is 54.2 Å². The highest BCUT2D eigenvalue weighted by Gasteiger charge is 2.21. The van der Waals surface area contributed by atoms with E-state index in [2.05, 4.69) is 128 Å². The zero-order chi connectivity index (χ0) is 25.2. The molecule has 0 spiro atoms. The molecule has 36 heavy (non-hydrogen) atoms. The quantitative estimate of drug-likeness (QED) is 0.192. The molecule has 0 aliphatic heterocycles. The summed E-state index contributed by atoms with van der Waals surface area (Å²) in [7, 11) is 0. The summed E-state index contributed by atoms with van der Waals surface area (Å²) in [5, 5.41) is 11.1. The fourth-order valence-electron chi connectivity index (χ4n) is 5.25. The molecule has 0 heterocycles. The summed E-state index contributed by atoms with van der Waals surface area (Å²) in [6.45, 7) is 9.39. The number of anilines is 3. The Morgan fingerprint density at radius 3 is 0.833 bits per heavy atom. The van der Waals surface area contributed by atoms with Crippen molar-refractivity contribution in [3.63, 3.8) is 0 Å². The number of hydrogen-bond donors (Lipinski definition) is 3. The Labute approximate surface area is 217 Å². The van der Waals surface area contributed by atoms with Crippen LogP contribution in [0.2, 0.25) is 0 Å². The molecule has 0 atom stereocenters. The molecule has 4 rings (SSSR count). The molecule has 3 heteroatoms. The maximum Gasteiger partial charge on any atom is 0.0406 e. The number of para-hydroxylation sites is 3. The molecule has 0 unspecified atom stereocenters. The molecule has 0 radical (unpaired) electrons. The molecule has 0 amide bonds. The average Bonchev–Trinajstić information content (AvgIpc) is 2.94. The van der Waals surface area contributed by atoms with Gasteiger partial charge in [-0.05, 0) is 89.0 Å². The van der Waals surface area contributed by atoms with Gasteiger partial charge in [-0.15, -0.1) is 0 Å². The topological polar surface area (TPSA) is 36.1 Å². The summed E-state index contributed by atoms with van der Waals surface area (Å²) in [5.74, 6) is 0. The normalized spacial score (nSPS) is 10.8. The molecule has 0 aliphatic rings. The molecule has 3 nitrogen and oxygen atoms in total. The van der Waals surface area contributed by atoms with Crippen molar-refractivity contribution in [3.8, 4) is 0 Å². The second-order valence-electron chi connectivity index (χ2n) is 9.09. The van der Waals surface area contributed by atoms with Crippen LogP contribution in [-0.2, 0) is 38.9 Å². The molecule has 0 aromatic heterocycles. The molecular formula is C33H39N3. The van der Waals surface area contributed by atoms with Crippen molar-refractivity contribution >= 4 is 17.1 Å². The van der Waals surface area contributed by atoms with Crippen LogP contribution in [0, 0.1) is 0 Å². The van der Waals surface area contributed by atoms with Gasteiger partial charge in [-0.3, -0.25) is 0 Å². The molecule has 0 bridgehead atoms. The van der Waals surface area contributed by atoms with Gasteiger partial charge < -0.3 is 16.0 Å². The minimum atomic E-state index is 0.830. The first-order chi connectivity index (χ1) is 17.7. The van der Waals surface area contributed by atoms with E-state index < -0.39 is 0 Å². The van der Waals surface area contributed by atoms with Gasteiger partial charge in [0.05, 0.1) is 0 Å². The molecule has 4 aromatic carbocycles. The predicted octanol–water partition coefficient (Wildman–Crippen LogP) is 8.21. The van der Waals surface area contributed by atoms with Gasteiger partial charge in [0.15, 0.2) is 0 Å². The number of rotatable bonds is 12. The number of benzene rings is 4. The summed E-state index contributed by atoms with van der Waals surface area (Å²) < 4.78 is 0. The third-order valence-corrected chi connectivity index (χ3v) is 6.98. The molecule has 0 saturated carbocycles. The largest absolute Gasteiger partial charge is 0.381 e. The van der Waals surface area contributed by atoms with Crippen molar-refractivity contribution in [2.24, 2.45) is 0 Å². The lowest BCUT2D eigenvalue weighted by atomic mass is 9.83. The lowest BCUT2D eigenvalue weighted by Crippen LogP contribution is -2.18. The average molecular weight is 478 g/mol. The van der Waals surface area contributed by atoms with Gasteiger partial charge in [-0.2, -0.15) is 0 Å². The molecule has 186 valence electrons. The van der Waals surface area contributed by atoms with Crippen LogP contribution in [0.25, 0.3) is 0 Å². The van der Waals surface area contributed by atoms with Crippen LogP contribution in [0.3, 0.4) is 0 Å². The predicted molar refractivity (Wildman–Crippen MR) is 156 cm³/mol. The highest BCUT2D eigenvalue weighted by molar-refractivity contribution is 5.57. The molecule has 0 saturated heterocycles. The first-order valence-corrected chi connectivity index (χ1v) is 13.3. The summed E-state index contributed by atoms with van der Waals surface area (Å²) in [6.07, 6.45) is 3.05. The second kappa shape index (κ2) is 12.8. The van der Waals surface area contributed by atoms with Crippen LogP contribution < -0.4 is 16.0 Å². The number of nitrogens with one attached hydrogen (secondary N) is 3. The maximum atomic E-state index is 3.71. The lowest BCUT2D eigenvalue weighted by molar-refractivity contribution is 0.884. The Hall–Kier alpha value is -3.72. The van der Waals surface area contributed by atoms with Crippen LogP contribution >= 0.6 is 0 Å². The minimum absolute atomic E-state index is 0.830. The van der Waals surface area contributed by atoms with Crippen LogP contribution in [-0.4, -0.2) is 0 Å². The Morgan fingerprint density at radius 2 is 0.611 bits per heavy atom. The van der Waals surface area contributed by atoms with Crippen LogP contribution in [0.4, 0.5) is 17.1 Å². The summed E-state index contributed by atoms with van der Waals surface area (Å²) in [6, 6.07) is 31.6. The minimum Gasteiger partial charge on any atom is -0.381 e. The highest BCUT2D eigenvalue weighted by atomic mass is 14.9. The Kier molecular flexibility index (Phi) is 9.04. The van der Waals surface area contributed by atoms with Crippen molar-refractivity contribution in [1.82, 2.24) is 0 Å². The fourth-order valence-corrected chi connectivity index (χ4v) is 5.25. The molecular weight excluding hydrogens is 438 g/mol. The summed E-state index contributed by atoms with van der Waals surface area (Å²) in [4.78, 5) is 0. The monoisotopic (exact) mass is 477 g/mol. The van der Waals surface area contributed by atoms with E-state index in [4.69, 9.17) is 0 Å². The summed E-state index contributed by atoms with van der Waals surface area (Å²) in [5.41, 5.74) is 12.3. The van der Waals surface area contributed by atoms with Gasteiger partial charge in [0, 0.05) is 36.7 Å². The van der Waals surface area contributed by atoms with E-state index >= 15 is 0 Å². The fraction of sp³-hybridized carbons (Fsp3) is 0.273. The van der Waals surface area contributed by atoms with Crippen molar-refractivity contribution in [2.45, 2.75) is 59.7 Å². The van der Waals surface area contributed by atoms with Crippen LogP contribution in [0.15, 0.2) is 91.0 Å². The van der Waals surface area contributed by atoms with Crippen molar-refractivity contribution in [2.75, 3.05) is 16.0 Å². The third kappa shape index (κ3) is 6.09. The Morgan fingerprint density at radius 1 is 0.361 bits per heavy atom. The standard InChI is InChI=1S/C33H39N3/c1-4-28-31(22-34-25-16-10-7-11-17-25)29(5-2)33(24-36-27-20-14-9-15-21-27)30(6-3)32(28)23-35-26-18-12-8-13-19-26/h7-21,34-36H,4-6,22-24H2,1-3H3. The van der Waals surface area contributed by atoms with E-state index in [1.807, 2.05) is 0 Å². The van der Waals surface area contributed by atoms with Crippen molar-refractivity contribution in [1.29, 1.82) is 0 Å². The van der Waals surface area contributed by atoms with Gasteiger partial charge in [0.25, 0.3) is 0 Å². The molecule has 3 N–H and O–H groups in total. The number of hydrogen-bond acceptors (Lipinski definition) is 3. The first-order valence-electron chi connectivity index (χ1n) is 13.3. The van der Waals surface area contributed by atoms with E-state index in [0.717, 1.165) is 56.0 Å². The zero-order valence-corrected chi connectivity index (χ0v) is 21.9. The lowest BCUT2D eigenvalue weighted by Gasteiger charge is -2.27. The van der Waals surface area contributed by atoms with Gasteiger partial charge in [-0.25, -0.2) is 0 Å². The molecule has 0 fully saturated rings. The second-order valence-corrected chi connectivity index (χ2v) is 9.09. The van der Waals surface area contributed by atoms with Gasteiger partial charge in [-0.1, -0.05) is 75.4 Å². The SMILES string of the molecule is CCc1c(CNc2ccccc2)c(CC)c(CNc2ccccc2)c(CC)c1CNc1ccccc1. The Bertz CT molecular complexity index is 1040. The van der Waals surface area contributed by atoms with E-state index in [9.17, 15) is 0 Å². The first kappa shape index (κ1) is 25.4. The van der Waals surface area contributed by atoms with Gasteiger partial charge >= 0.3 is 0 Å². The Balaban J connectivity index is 1.77. The molecule has 0 aliphatic carbocycles. The van der Waals surface area contributed by atoms with E-state index in [1.54, 1.807) is 0 Å². The van der Waals surface area contributed by atoms with Crippen molar-refractivity contribution in [3.05, 3.63) is 124 Å². The van der Waals surface area contributed by atoms with Crippen LogP contribution in [0.5, 0.6) is 0 Å². The third-order valence-electron chi connectivity index (χ3n) is 6.98. The van der Waals surface area contributed by atoms with E-state index in [1.165, 1.54) is 33.4 Å². The van der Waals surface area contributed by atoms with E-state index in [-0.39, 0.29) is 0 Å². The van der Waals surface area contributed by atoms with Gasteiger partial charge in [0.1, 0.15) is 0 Å². The van der Waals surface area contributed by atoms with E-state index in [0.29, 0.717) is 0 Å². The molecule has 4 aromatic rings. The maximum absolute atomic E-state index is 3.71. The van der Waals surface area contributed by atoms with Crippen molar-refractivity contribution < 1.29 is 0 Å².